The van der Waals surface area contributed by atoms with Crippen molar-refractivity contribution in [2.24, 2.45) is 23.7 Å². The summed E-state index contributed by atoms with van der Waals surface area (Å²) in [5, 5.41) is 0. The van der Waals surface area contributed by atoms with Gasteiger partial charge in [0.25, 0.3) is 0 Å². The van der Waals surface area contributed by atoms with Crippen molar-refractivity contribution < 1.29 is 9.47 Å². The summed E-state index contributed by atoms with van der Waals surface area (Å²) in [5.41, 5.74) is 0. The van der Waals surface area contributed by atoms with E-state index in [-0.39, 0.29) is 0 Å². The predicted octanol–water partition coefficient (Wildman–Crippen LogP) is 10.8. The molecule has 206 valence electrons. The van der Waals surface area contributed by atoms with Gasteiger partial charge in [0.05, 0.1) is 13.2 Å². The van der Waals surface area contributed by atoms with Crippen molar-refractivity contribution >= 4 is 0 Å². The fourth-order valence-corrected chi connectivity index (χ4v) is 6.62. The maximum Gasteiger partial charge on any atom is 0.119 e. The molecule has 0 unspecified atom stereocenters. The third kappa shape index (κ3) is 11.9. The monoisotopic (exact) mass is 498 g/mol. The summed E-state index contributed by atoms with van der Waals surface area (Å²) < 4.78 is 12.2. The number of hydrogen-bond acceptors (Lipinski definition) is 2. The van der Waals surface area contributed by atoms with Gasteiger partial charge in [-0.25, -0.2) is 0 Å². The van der Waals surface area contributed by atoms with E-state index in [0.717, 1.165) is 48.4 Å². The maximum absolute atomic E-state index is 6.15. The second-order valence-electron chi connectivity index (χ2n) is 12.2. The van der Waals surface area contributed by atoms with Crippen LogP contribution in [0.2, 0.25) is 0 Å². The molecule has 0 aliphatic heterocycles. The van der Waals surface area contributed by atoms with Crippen molar-refractivity contribution in [3.8, 4) is 11.5 Å². The van der Waals surface area contributed by atoms with Gasteiger partial charge in [0.2, 0.25) is 0 Å². The lowest BCUT2D eigenvalue weighted by atomic mass is 9.78. The van der Waals surface area contributed by atoms with Crippen LogP contribution in [0.25, 0.3) is 0 Å². The summed E-state index contributed by atoms with van der Waals surface area (Å²) >= 11 is 0. The Balaban J connectivity index is 1.19. The van der Waals surface area contributed by atoms with Gasteiger partial charge < -0.3 is 9.47 Å². The number of hydrogen-bond donors (Lipinski definition) is 0. The van der Waals surface area contributed by atoms with E-state index in [9.17, 15) is 0 Å². The summed E-state index contributed by atoms with van der Waals surface area (Å²) in [7, 11) is 0. The van der Waals surface area contributed by atoms with Crippen molar-refractivity contribution in [3.63, 3.8) is 0 Å². The summed E-state index contributed by atoms with van der Waals surface area (Å²) in [6.45, 7) is 6.33. The third-order valence-electron chi connectivity index (χ3n) is 9.20. The summed E-state index contributed by atoms with van der Waals surface area (Å²) in [5.74, 6) is 5.66. The van der Waals surface area contributed by atoms with Gasteiger partial charge in [0.1, 0.15) is 11.5 Å². The number of benzene rings is 1. The molecule has 2 saturated carbocycles. The van der Waals surface area contributed by atoms with Crippen molar-refractivity contribution in [1.82, 2.24) is 0 Å². The largest absolute Gasteiger partial charge is 0.494 e. The van der Waals surface area contributed by atoms with Crippen LogP contribution in [-0.2, 0) is 0 Å². The molecule has 2 aliphatic rings. The topological polar surface area (TPSA) is 18.5 Å². The Morgan fingerprint density at radius 2 is 0.917 bits per heavy atom. The fraction of sp³-hybridized carbons (Fsp3) is 0.824. The van der Waals surface area contributed by atoms with Crippen LogP contribution in [-0.4, -0.2) is 13.2 Å². The Labute approximate surface area is 224 Å². The molecule has 0 saturated heterocycles. The van der Waals surface area contributed by atoms with Crippen molar-refractivity contribution in [1.29, 1.82) is 0 Å². The first kappa shape index (κ1) is 29.4. The standard InChI is InChI=1S/C34H58O2/c1-3-5-7-8-10-13-30-19-21-32(22-20-30)28-36-34-25-23-33(24-26-34)35-27-11-14-31-17-15-29(16-18-31)12-9-6-4-2/h23-26,29-32H,3-22,27-28H2,1-2H3/t29-,30-,31-,32-. The van der Waals surface area contributed by atoms with Crippen LogP contribution in [0.5, 0.6) is 11.5 Å². The lowest BCUT2D eigenvalue weighted by Crippen LogP contribution is -2.20. The van der Waals surface area contributed by atoms with Crippen LogP contribution in [0.3, 0.4) is 0 Å². The summed E-state index contributed by atoms with van der Waals surface area (Å²) in [6.07, 6.45) is 28.1. The first-order valence-electron chi connectivity index (χ1n) is 16.1. The van der Waals surface area contributed by atoms with E-state index in [1.807, 2.05) is 0 Å². The number of ether oxygens (including phenoxy) is 2. The van der Waals surface area contributed by atoms with E-state index in [0.29, 0.717) is 0 Å². The molecule has 0 aromatic heterocycles. The number of unbranched alkanes of at least 4 members (excludes halogenated alkanes) is 6. The van der Waals surface area contributed by atoms with Crippen LogP contribution in [0.1, 0.15) is 142 Å². The van der Waals surface area contributed by atoms with Gasteiger partial charge in [-0.05, 0) is 73.6 Å². The smallest absolute Gasteiger partial charge is 0.119 e. The zero-order valence-corrected chi connectivity index (χ0v) is 24.0. The Hall–Kier alpha value is -1.18. The van der Waals surface area contributed by atoms with E-state index in [1.165, 1.54) is 128 Å². The molecular weight excluding hydrogens is 440 g/mol. The highest BCUT2D eigenvalue weighted by atomic mass is 16.5. The van der Waals surface area contributed by atoms with E-state index in [2.05, 4.69) is 38.1 Å². The van der Waals surface area contributed by atoms with Gasteiger partial charge in [0.15, 0.2) is 0 Å². The Morgan fingerprint density at radius 3 is 1.47 bits per heavy atom. The molecule has 1 aromatic carbocycles. The zero-order valence-electron chi connectivity index (χ0n) is 24.0. The molecule has 0 bridgehead atoms. The van der Waals surface area contributed by atoms with Crippen molar-refractivity contribution in [2.45, 2.75) is 142 Å². The molecular formula is C34H58O2. The molecule has 0 atom stereocenters. The highest BCUT2D eigenvalue weighted by Crippen LogP contribution is 2.35. The van der Waals surface area contributed by atoms with Crippen LogP contribution >= 0.6 is 0 Å². The number of rotatable bonds is 18. The van der Waals surface area contributed by atoms with Crippen LogP contribution in [0.15, 0.2) is 24.3 Å². The molecule has 0 amide bonds. The fourth-order valence-electron chi connectivity index (χ4n) is 6.62. The average Bonchev–Trinajstić information content (AvgIpc) is 2.92. The van der Waals surface area contributed by atoms with E-state index in [1.54, 1.807) is 0 Å². The molecule has 2 nitrogen and oxygen atoms in total. The first-order chi connectivity index (χ1) is 17.8. The van der Waals surface area contributed by atoms with Gasteiger partial charge in [0, 0.05) is 0 Å². The normalized spacial score (nSPS) is 24.5. The summed E-state index contributed by atoms with van der Waals surface area (Å²) in [6, 6.07) is 8.37. The van der Waals surface area contributed by atoms with Crippen LogP contribution in [0, 0.1) is 23.7 Å². The molecule has 2 heteroatoms. The molecule has 0 radical (unpaired) electrons. The average molecular weight is 499 g/mol. The molecule has 0 heterocycles. The minimum absolute atomic E-state index is 0.740. The second-order valence-corrected chi connectivity index (χ2v) is 12.2. The van der Waals surface area contributed by atoms with Gasteiger partial charge in [-0.2, -0.15) is 0 Å². The molecule has 0 spiro atoms. The van der Waals surface area contributed by atoms with Gasteiger partial charge in [-0.1, -0.05) is 117 Å². The molecule has 1 aromatic rings. The van der Waals surface area contributed by atoms with Gasteiger partial charge in [-0.3, -0.25) is 0 Å². The van der Waals surface area contributed by atoms with Crippen LogP contribution < -0.4 is 9.47 Å². The first-order valence-corrected chi connectivity index (χ1v) is 16.1. The van der Waals surface area contributed by atoms with Gasteiger partial charge >= 0.3 is 0 Å². The second kappa shape index (κ2) is 18.1. The summed E-state index contributed by atoms with van der Waals surface area (Å²) in [4.78, 5) is 0. The lowest BCUT2D eigenvalue weighted by molar-refractivity contribution is 0.177. The highest BCUT2D eigenvalue weighted by Gasteiger charge is 2.22. The molecule has 36 heavy (non-hydrogen) atoms. The Kier molecular flexibility index (Phi) is 14.8. The van der Waals surface area contributed by atoms with Crippen molar-refractivity contribution in [3.05, 3.63) is 24.3 Å². The minimum atomic E-state index is 0.740. The quantitative estimate of drug-likeness (QED) is 0.187. The van der Waals surface area contributed by atoms with E-state index in [4.69, 9.17) is 9.47 Å². The molecule has 2 fully saturated rings. The predicted molar refractivity (Wildman–Crippen MR) is 155 cm³/mol. The van der Waals surface area contributed by atoms with E-state index < -0.39 is 0 Å². The molecule has 0 N–H and O–H groups in total. The van der Waals surface area contributed by atoms with E-state index >= 15 is 0 Å². The molecule has 2 aliphatic carbocycles. The molecule has 3 rings (SSSR count). The minimum Gasteiger partial charge on any atom is -0.494 e. The highest BCUT2D eigenvalue weighted by molar-refractivity contribution is 5.31. The zero-order chi connectivity index (χ0) is 25.3. The van der Waals surface area contributed by atoms with Gasteiger partial charge in [-0.15, -0.1) is 0 Å². The van der Waals surface area contributed by atoms with Crippen molar-refractivity contribution in [2.75, 3.05) is 13.2 Å². The van der Waals surface area contributed by atoms with Crippen LogP contribution in [0.4, 0.5) is 0 Å². The maximum atomic E-state index is 6.15. The Bertz CT molecular complexity index is 638. The Morgan fingerprint density at radius 1 is 0.500 bits per heavy atom. The SMILES string of the molecule is CCCCCCC[C@H]1CC[C@H](COc2ccc(OCCC[C@H]3CC[C@H](CCCCC)CC3)cc2)CC1. The third-order valence-corrected chi connectivity index (χ3v) is 9.20. The lowest BCUT2D eigenvalue weighted by Gasteiger charge is -2.28.